The van der Waals surface area contributed by atoms with E-state index in [0.717, 1.165) is 24.8 Å². The van der Waals surface area contributed by atoms with Crippen LogP contribution in [-0.2, 0) is 16.1 Å². The summed E-state index contributed by atoms with van der Waals surface area (Å²) >= 11 is 0. The summed E-state index contributed by atoms with van der Waals surface area (Å²) in [6.45, 7) is 2.43. The molecular weight excluding hydrogens is 294 g/mol. The smallest absolute Gasteiger partial charge is 0.410 e. The van der Waals surface area contributed by atoms with Gasteiger partial charge in [0.15, 0.2) is 0 Å². The lowest BCUT2D eigenvalue weighted by Crippen LogP contribution is -2.36. The highest BCUT2D eigenvalue weighted by Gasteiger charge is 2.17. The first-order chi connectivity index (χ1) is 11.1. The van der Waals surface area contributed by atoms with Crippen molar-refractivity contribution in [1.82, 2.24) is 4.90 Å². The molecule has 0 heterocycles. The first kappa shape index (κ1) is 19.0. The maximum Gasteiger partial charge on any atom is 0.410 e. The van der Waals surface area contributed by atoms with Crippen molar-refractivity contribution >= 4 is 12.1 Å². The molecular formula is C18H27NO4. The number of carboxylic acid groups (broad SMARTS) is 1. The molecule has 0 spiro atoms. The number of carboxylic acids is 1. The van der Waals surface area contributed by atoms with E-state index in [9.17, 15) is 9.59 Å². The highest BCUT2D eigenvalue weighted by molar-refractivity contribution is 5.76. The minimum absolute atomic E-state index is 0.159. The van der Waals surface area contributed by atoms with Gasteiger partial charge in [-0.15, -0.1) is 0 Å². The van der Waals surface area contributed by atoms with Gasteiger partial charge in [-0.3, -0.25) is 9.69 Å². The maximum atomic E-state index is 12.1. The van der Waals surface area contributed by atoms with Gasteiger partial charge >= 0.3 is 12.1 Å². The molecule has 0 fully saturated rings. The Balaban J connectivity index is 2.36. The van der Waals surface area contributed by atoms with Crippen LogP contribution >= 0.6 is 0 Å². The SMILES string of the molecule is CCCCCCCCN(CC(=O)O)C(=O)OCc1ccccc1. The summed E-state index contributed by atoms with van der Waals surface area (Å²) in [5.74, 6) is -1.02. The molecule has 1 aromatic carbocycles. The van der Waals surface area contributed by atoms with E-state index in [2.05, 4.69) is 6.92 Å². The van der Waals surface area contributed by atoms with Crippen molar-refractivity contribution in [2.75, 3.05) is 13.1 Å². The summed E-state index contributed by atoms with van der Waals surface area (Å²) in [5, 5.41) is 8.94. The molecule has 23 heavy (non-hydrogen) atoms. The lowest BCUT2D eigenvalue weighted by Gasteiger charge is -2.20. The van der Waals surface area contributed by atoms with Crippen LogP contribution in [0.5, 0.6) is 0 Å². The van der Waals surface area contributed by atoms with Crippen molar-refractivity contribution in [2.45, 2.75) is 52.1 Å². The minimum atomic E-state index is -1.02. The third-order valence-corrected chi connectivity index (χ3v) is 3.57. The van der Waals surface area contributed by atoms with E-state index in [-0.39, 0.29) is 13.2 Å². The first-order valence-electron chi connectivity index (χ1n) is 8.31. The molecule has 1 aromatic rings. The quantitative estimate of drug-likeness (QED) is 0.624. The van der Waals surface area contributed by atoms with Gasteiger partial charge in [0, 0.05) is 6.54 Å². The Labute approximate surface area is 138 Å². The van der Waals surface area contributed by atoms with Crippen molar-refractivity contribution < 1.29 is 19.4 Å². The molecule has 5 nitrogen and oxygen atoms in total. The zero-order chi connectivity index (χ0) is 16.9. The Morgan fingerprint density at radius 1 is 1.04 bits per heavy atom. The van der Waals surface area contributed by atoms with Crippen molar-refractivity contribution in [3.8, 4) is 0 Å². The van der Waals surface area contributed by atoms with Gasteiger partial charge in [0.1, 0.15) is 13.2 Å². The van der Waals surface area contributed by atoms with E-state index in [4.69, 9.17) is 9.84 Å². The van der Waals surface area contributed by atoms with Gasteiger partial charge < -0.3 is 9.84 Å². The Bertz CT molecular complexity index is 461. The number of carbonyl (C=O) groups excluding carboxylic acids is 1. The van der Waals surface area contributed by atoms with E-state index in [0.29, 0.717) is 6.54 Å². The number of rotatable bonds is 11. The predicted octanol–water partition coefficient (Wildman–Crippen LogP) is 4.07. The molecule has 0 unspecified atom stereocenters. The third-order valence-electron chi connectivity index (χ3n) is 3.57. The Kier molecular flexibility index (Phi) is 9.52. The van der Waals surface area contributed by atoms with Crippen LogP contribution in [0, 0.1) is 0 Å². The molecule has 0 saturated carbocycles. The predicted molar refractivity (Wildman–Crippen MR) is 89.2 cm³/mol. The van der Waals surface area contributed by atoms with Crippen LogP contribution in [0.4, 0.5) is 4.79 Å². The number of amides is 1. The highest BCUT2D eigenvalue weighted by Crippen LogP contribution is 2.08. The Morgan fingerprint density at radius 3 is 2.35 bits per heavy atom. The Hall–Kier alpha value is -2.04. The number of unbranched alkanes of at least 4 members (excludes halogenated alkanes) is 5. The van der Waals surface area contributed by atoms with Gasteiger partial charge in [0.25, 0.3) is 0 Å². The fraction of sp³-hybridized carbons (Fsp3) is 0.556. The minimum Gasteiger partial charge on any atom is -0.480 e. The van der Waals surface area contributed by atoms with Gasteiger partial charge in [0.05, 0.1) is 0 Å². The van der Waals surface area contributed by atoms with E-state index < -0.39 is 12.1 Å². The molecule has 0 radical (unpaired) electrons. The molecule has 128 valence electrons. The lowest BCUT2D eigenvalue weighted by atomic mass is 10.1. The number of nitrogens with zero attached hydrogens (tertiary/aromatic N) is 1. The molecule has 1 N–H and O–H groups in total. The van der Waals surface area contributed by atoms with Crippen molar-refractivity contribution in [2.24, 2.45) is 0 Å². The highest BCUT2D eigenvalue weighted by atomic mass is 16.6. The molecule has 1 rings (SSSR count). The summed E-state index contributed by atoms with van der Waals surface area (Å²) < 4.78 is 5.21. The molecule has 0 aliphatic heterocycles. The molecule has 5 heteroatoms. The monoisotopic (exact) mass is 321 g/mol. The molecule has 1 amide bonds. The fourth-order valence-corrected chi connectivity index (χ4v) is 2.29. The molecule has 0 aliphatic rings. The largest absolute Gasteiger partial charge is 0.480 e. The average molecular weight is 321 g/mol. The molecule has 0 aliphatic carbocycles. The molecule has 0 bridgehead atoms. The van der Waals surface area contributed by atoms with Crippen LogP contribution in [0.15, 0.2) is 30.3 Å². The van der Waals surface area contributed by atoms with Crippen LogP contribution in [0.2, 0.25) is 0 Å². The van der Waals surface area contributed by atoms with E-state index in [1.165, 1.54) is 24.2 Å². The lowest BCUT2D eigenvalue weighted by molar-refractivity contribution is -0.138. The Morgan fingerprint density at radius 2 is 1.70 bits per heavy atom. The zero-order valence-electron chi connectivity index (χ0n) is 13.9. The summed E-state index contributed by atoms with van der Waals surface area (Å²) in [5.41, 5.74) is 0.885. The van der Waals surface area contributed by atoms with Gasteiger partial charge in [-0.25, -0.2) is 4.79 Å². The normalized spacial score (nSPS) is 10.3. The summed E-state index contributed by atoms with van der Waals surface area (Å²) in [7, 11) is 0. The second-order valence-electron chi connectivity index (χ2n) is 5.62. The van der Waals surface area contributed by atoms with Gasteiger partial charge in [-0.05, 0) is 12.0 Å². The van der Waals surface area contributed by atoms with Crippen LogP contribution in [-0.4, -0.2) is 35.2 Å². The van der Waals surface area contributed by atoms with Crippen LogP contribution in [0.3, 0.4) is 0 Å². The van der Waals surface area contributed by atoms with Crippen LogP contribution in [0.1, 0.15) is 51.0 Å². The molecule has 0 aromatic heterocycles. The number of aliphatic carboxylic acids is 1. The average Bonchev–Trinajstić information content (AvgIpc) is 2.55. The van der Waals surface area contributed by atoms with Crippen molar-refractivity contribution in [3.05, 3.63) is 35.9 Å². The van der Waals surface area contributed by atoms with Crippen LogP contribution in [0.25, 0.3) is 0 Å². The maximum absolute atomic E-state index is 12.1. The first-order valence-corrected chi connectivity index (χ1v) is 8.31. The summed E-state index contributed by atoms with van der Waals surface area (Å²) in [4.78, 5) is 24.2. The number of hydrogen-bond acceptors (Lipinski definition) is 3. The van der Waals surface area contributed by atoms with Crippen molar-refractivity contribution in [1.29, 1.82) is 0 Å². The standard InChI is InChI=1S/C18H27NO4/c1-2-3-4-5-6-10-13-19(14-17(20)21)18(22)23-15-16-11-8-7-9-12-16/h7-9,11-12H,2-6,10,13-15H2,1H3,(H,20,21). The number of carbonyl (C=O) groups is 2. The fourth-order valence-electron chi connectivity index (χ4n) is 2.29. The third kappa shape index (κ3) is 8.86. The zero-order valence-corrected chi connectivity index (χ0v) is 13.9. The molecule has 0 atom stereocenters. The number of benzene rings is 1. The van der Waals surface area contributed by atoms with E-state index in [1.54, 1.807) is 0 Å². The van der Waals surface area contributed by atoms with E-state index >= 15 is 0 Å². The van der Waals surface area contributed by atoms with Gasteiger partial charge in [0.2, 0.25) is 0 Å². The number of hydrogen-bond donors (Lipinski definition) is 1. The number of ether oxygens (including phenoxy) is 1. The van der Waals surface area contributed by atoms with Crippen molar-refractivity contribution in [3.63, 3.8) is 0 Å². The van der Waals surface area contributed by atoms with Gasteiger partial charge in [-0.2, -0.15) is 0 Å². The summed E-state index contributed by atoms with van der Waals surface area (Å²) in [6.07, 6.45) is 5.96. The topological polar surface area (TPSA) is 66.8 Å². The summed E-state index contributed by atoms with van der Waals surface area (Å²) in [6, 6.07) is 9.36. The second kappa shape index (κ2) is 11.5. The van der Waals surface area contributed by atoms with Gasteiger partial charge in [-0.1, -0.05) is 69.4 Å². The van der Waals surface area contributed by atoms with E-state index in [1.807, 2.05) is 30.3 Å². The second-order valence-corrected chi connectivity index (χ2v) is 5.62. The molecule has 0 saturated heterocycles. The van der Waals surface area contributed by atoms with Crippen LogP contribution < -0.4 is 0 Å².